The molecule has 5 heteroatoms. The van der Waals surface area contributed by atoms with Crippen LogP contribution in [0.25, 0.3) is 0 Å². The molecule has 0 heterocycles. The molecule has 2 aromatic rings. The molecule has 0 bridgehead atoms. The summed E-state index contributed by atoms with van der Waals surface area (Å²) in [5.41, 5.74) is 2.10. The lowest BCUT2D eigenvalue weighted by Gasteiger charge is -2.13. The van der Waals surface area contributed by atoms with Crippen LogP contribution in [0.1, 0.15) is 19.4 Å². The van der Waals surface area contributed by atoms with Crippen LogP contribution in [0.2, 0.25) is 0 Å². The van der Waals surface area contributed by atoms with Gasteiger partial charge in [-0.25, -0.2) is 0 Å². The second kappa shape index (κ2) is 9.99. The average Bonchev–Trinajstić information content (AvgIpc) is 2.66. The van der Waals surface area contributed by atoms with E-state index in [1.165, 1.54) is 5.56 Å². The minimum absolute atomic E-state index is 0.0127. The van der Waals surface area contributed by atoms with Crippen LogP contribution in [0.5, 0.6) is 11.5 Å². The van der Waals surface area contributed by atoms with Crippen molar-refractivity contribution in [1.29, 1.82) is 0 Å². The lowest BCUT2D eigenvalue weighted by Crippen LogP contribution is -2.23. The molecular formula is C20H25NO3S. The van der Waals surface area contributed by atoms with Gasteiger partial charge in [0.25, 0.3) is 0 Å². The second-order valence-electron chi connectivity index (χ2n) is 5.58. The van der Waals surface area contributed by atoms with Gasteiger partial charge in [0.2, 0.25) is 5.91 Å². The molecule has 1 N–H and O–H groups in total. The van der Waals surface area contributed by atoms with Gasteiger partial charge in [-0.05, 0) is 55.3 Å². The zero-order chi connectivity index (χ0) is 18.1. The zero-order valence-corrected chi connectivity index (χ0v) is 15.8. The first kappa shape index (κ1) is 19.2. The van der Waals surface area contributed by atoms with Crippen molar-refractivity contribution < 1.29 is 14.3 Å². The standard InChI is InChI=1S/C20H25NO3S/c1-4-16-5-7-17(8-6-16)21-20(22)15(2)25-14-13-24-19-11-9-18(23-3)10-12-19/h5-12,15H,4,13-14H2,1-3H3,(H,21,22). The van der Waals surface area contributed by atoms with Gasteiger partial charge in [0.05, 0.1) is 19.0 Å². The number of benzene rings is 2. The van der Waals surface area contributed by atoms with E-state index < -0.39 is 0 Å². The van der Waals surface area contributed by atoms with E-state index in [1.54, 1.807) is 18.9 Å². The number of nitrogens with one attached hydrogen (secondary N) is 1. The fourth-order valence-electron chi connectivity index (χ4n) is 2.20. The van der Waals surface area contributed by atoms with Crippen LogP contribution < -0.4 is 14.8 Å². The van der Waals surface area contributed by atoms with Crippen molar-refractivity contribution in [2.75, 3.05) is 24.8 Å². The second-order valence-corrected chi connectivity index (χ2v) is 7.03. The third kappa shape index (κ3) is 6.35. The van der Waals surface area contributed by atoms with E-state index in [4.69, 9.17) is 9.47 Å². The van der Waals surface area contributed by atoms with E-state index in [1.807, 2.05) is 55.5 Å². The summed E-state index contributed by atoms with van der Waals surface area (Å²) >= 11 is 1.58. The Hall–Kier alpha value is -2.14. The summed E-state index contributed by atoms with van der Waals surface area (Å²) in [6.45, 7) is 4.58. The minimum atomic E-state index is -0.134. The fraction of sp³-hybridized carbons (Fsp3) is 0.350. The number of thioether (sulfide) groups is 1. The van der Waals surface area contributed by atoms with Gasteiger partial charge in [-0.2, -0.15) is 0 Å². The van der Waals surface area contributed by atoms with Gasteiger partial charge in [-0.15, -0.1) is 11.8 Å². The summed E-state index contributed by atoms with van der Waals surface area (Å²) in [6.07, 6.45) is 0.995. The van der Waals surface area contributed by atoms with Crippen LogP contribution in [0.4, 0.5) is 5.69 Å². The molecule has 0 spiro atoms. The molecule has 0 fully saturated rings. The molecule has 0 aromatic heterocycles. The Kier molecular flexibility index (Phi) is 7.67. The summed E-state index contributed by atoms with van der Waals surface area (Å²) in [5, 5.41) is 2.82. The highest BCUT2D eigenvalue weighted by molar-refractivity contribution is 8.00. The van der Waals surface area contributed by atoms with Crippen molar-refractivity contribution in [2.45, 2.75) is 25.5 Å². The van der Waals surface area contributed by atoms with Crippen molar-refractivity contribution >= 4 is 23.4 Å². The average molecular weight is 359 g/mol. The number of ether oxygens (including phenoxy) is 2. The Bertz CT molecular complexity index is 656. The van der Waals surface area contributed by atoms with Crippen molar-refractivity contribution in [3.63, 3.8) is 0 Å². The lowest BCUT2D eigenvalue weighted by molar-refractivity contribution is -0.115. The monoisotopic (exact) mass is 359 g/mol. The van der Waals surface area contributed by atoms with E-state index in [9.17, 15) is 4.79 Å². The molecular weight excluding hydrogens is 334 g/mol. The van der Waals surface area contributed by atoms with E-state index >= 15 is 0 Å². The van der Waals surface area contributed by atoms with Crippen molar-refractivity contribution in [2.24, 2.45) is 0 Å². The maximum absolute atomic E-state index is 12.2. The van der Waals surface area contributed by atoms with Crippen LogP contribution in [0.15, 0.2) is 48.5 Å². The van der Waals surface area contributed by atoms with Gasteiger partial charge in [0.15, 0.2) is 0 Å². The number of hydrogen-bond donors (Lipinski definition) is 1. The molecule has 25 heavy (non-hydrogen) atoms. The Morgan fingerprint density at radius 2 is 1.72 bits per heavy atom. The van der Waals surface area contributed by atoms with Crippen LogP contribution in [0, 0.1) is 0 Å². The van der Waals surface area contributed by atoms with Crippen molar-refractivity contribution in [3.8, 4) is 11.5 Å². The highest BCUT2D eigenvalue weighted by Crippen LogP contribution is 2.18. The summed E-state index contributed by atoms with van der Waals surface area (Å²) < 4.78 is 10.8. The molecule has 0 aliphatic heterocycles. The molecule has 134 valence electrons. The number of carbonyl (C=O) groups is 1. The number of amides is 1. The number of carbonyl (C=O) groups excluding carboxylic acids is 1. The van der Waals surface area contributed by atoms with Crippen LogP contribution >= 0.6 is 11.8 Å². The largest absolute Gasteiger partial charge is 0.497 e. The summed E-state index contributed by atoms with van der Waals surface area (Å²) in [6, 6.07) is 15.4. The molecule has 4 nitrogen and oxygen atoms in total. The quantitative estimate of drug-likeness (QED) is 0.674. The topological polar surface area (TPSA) is 47.6 Å². The summed E-state index contributed by atoms with van der Waals surface area (Å²) in [4.78, 5) is 12.2. The molecule has 2 aromatic carbocycles. The highest BCUT2D eigenvalue weighted by Gasteiger charge is 2.13. The molecule has 1 unspecified atom stereocenters. The molecule has 1 amide bonds. The first-order valence-electron chi connectivity index (χ1n) is 8.40. The fourth-order valence-corrected chi connectivity index (χ4v) is 2.94. The van der Waals surface area contributed by atoms with Gasteiger partial charge in [-0.1, -0.05) is 19.1 Å². The van der Waals surface area contributed by atoms with E-state index in [0.29, 0.717) is 6.61 Å². The van der Waals surface area contributed by atoms with Crippen LogP contribution in [-0.2, 0) is 11.2 Å². The molecule has 0 aliphatic carbocycles. The molecule has 0 saturated carbocycles. The first-order chi connectivity index (χ1) is 12.1. The smallest absolute Gasteiger partial charge is 0.237 e. The molecule has 1 atom stereocenters. The number of aryl methyl sites for hydroxylation is 1. The zero-order valence-electron chi connectivity index (χ0n) is 15.0. The molecule has 0 aliphatic rings. The number of methoxy groups -OCH3 is 1. The van der Waals surface area contributed by atoms with Crippen LogP contribution in [-0.4, -0.2) is 30.6 Å². The molecule has 0 saturated heterocycles. The molecule has 0 radical (unpaired) electrons. The lowest BCUT2D eigenvalue weighted by atomic mass is 10.1. The Morgan fingerprint density at radius 3 is 2.32 bits per heavy atom. The van der Waals surface area contributed by atoms with Gasteiger partial charge in [0, 0.05) is 11.4 Å². The maximum Gasteiger partial charge on any atom is 0.237 e. The maximum atomic E-state index is 12.2. The van der Waals surface area contributed by atoms with Gasteiger partial charge in [-0.3, -0.25) is 4.79 Å². The highest BCUT2D eigenvalue weighted by atomic mass is 32.2. The number of anilines is 1. The minimum Gasteiger partial charge on any atom is -0.497 e. The summed E-state index contributed by atoms with van der Waals surface area (Å²) in [7, 11) is 1.64. The Labute approximate surface area is 153 Å². The SMILES string of the molecule is CCc1ccc(NC(=O)C(C)SCCOc2ccc(OC)cc2)cc1. The molecule has 2 rings (SSSR count). The predicted molar refractivity (Wildman–Crippen MR) is 105 cm³/mol. The third-order valence-corrected chi connectivity index (χ3v) is 4.89. The van der Waals surface area contributed by atoms with Crippen LogP contribution in [0.3, 0.4) is 0 Å². The number of rotatable bonds is 9. The van der Waals surface area contributed by atoms with E-state index in [2.05, 4.69) is 12.2 Å². The Balaban J connectivity index is 1.69. The Morgan fingerprint density at radius 1 is 1.08 bits per heavy atom. The van der Waals surface area contributed by atoms with Crippen molar-refractivity contribution in [1.82, 2.24) is 0 Å². The van der Waals surface area contributed by atoms with Crippen molar-refractivity contribution in [3.05, 3.63) is 54.1 Å². The summed E-state index contributed by atoms with van der Waals surface area (Å²) in [5.74, 6) is 2.36. The third-order valence-electron chi connectivity index (χ3n) is 3.78. The number of hydrogen-bond acceptors (Lipinski definition) is 4. The van der Waals surface area contributed by atoms with Gasteiger partial charge < -0.3 is 14.8 Å². The predicted octanol–water partition coefficient (Wildman–Crippen LogP) is 4.40. The first-order valence-corrected chi connectivity index (χ1v) is 9.45. The van der Waals surface area contributed by atoms with E-state index in [-0.39, 0.29) is 11.2 Å². The van der Waals surface area contributed by atoms with Gasteiger partial charge >= 0.3 is 0 Å². The normalized spacial score (nSPS) is 11.6. The van der Waals surface area contributed by atoms with E-state index in [0.717, 1.165) is 29.4 Å². The van der Waals surface area contributed by atoms with Gasteiger partial charge in [0.1, 0.15) is 11.5 Å².